The summed E-state index contributed by atoms with van der Waals surface area (Å²) in [5.41, 5.74) is 23.8. The normalized spacial score (nSPS) is 25.3. The number of guanidine groups is 2. The Morgan fingerprint density at radius 2 is 1.34 bits per heavy atom. The Labute approximate surface area is 361 Å². The van der Waals surface area contributed by atoms with Crippen molar-refractivity contribution in [1.29, 1.82) is 0 Å². The van der Waals surface area contributed by atoms with Gasteiger partial charge in [0.15, 0.2) is 11.9 Å². The summed E-state index contributed by atoms with van der Waals surface area (Å²) < 4.78 is 5.52. The van der Waals surface area contributed by atoms with Crippen molar-refractivity contribution < 1.29 is 33.5 Å². The van der Waals surface area contributed by atoms with Gasteiger partial charge in [0.1, 0.15) is 36.3 Å². The van der Waals surface area contributed by atoms with Crippen molar-refractivity contribution in [2.45, 2.75) is 101 Å². The van der Waals surface area contributed by atoms with Gasteiger partial charge in [-0.3, -0.25) is 43.7 Å². The van der Waals surface area contributed by atoms with E-state index in [-0.39, 0.29) is 70.2 Å². The van der Waals surface area contributed by atoms with E-state index in [1.807, 2.05) is 36.1 Å². The van der Waals surface area contributed by atoms with E-state index in [9.17, 15) is 28.8 Å². The van der Waals surface area contributed by atoms with Crippen molar-refractivity contribution in [2.75, 3.05) is 52.5 Å². The molecule has 5 rings (SSSR count). The first-order valence-electron chi connectivity index (χ1n) is 21.5. The molecule has 0 saturated carbocycles. The number of benzene rings is 1. The fraction of sp³-hybridized carbons (Fsp3) is 0.610. The number of aliphatic imine (C=N–C) groups is 2. The number of amides is 6. The number of morpholine rings is 1. The number of para-hydroxylation sites is 1. The van der Waals surface area contributed by atoms with E-state index in [1.54, 1.807) is 13.1 Å². The topological polar surface area (TPSA) is 323 Å². The van der Waals surface area contributed by atoms with Crippen molar-refractivity contribution in [3.8, 4) is 0 Å². The summed E-state index contributed by atoms with van der Waals surface area (Å²) in [4.78, 5) is 101. The molecule has 0 aliphatic carbocycles. The lowest BCUT2D eigenvalue weighted by atomic mass is 9.96. The van der Waals surface area contributed by atoms with Crippen LogP contribution < -0.4 is 49.5 Å². The highest BCUT2D eigenvalue weighted by Gasteiger charge is 2.41. The number of nitrogens with one attached hydrogen (secondary N) is 6. The molecule has 62 heavy (non-hydrogen) atoms. The summed E-state index contributed by atoms with van der Waals surface area (Å²) in [6.45, 7) is 6.23. The molecule has 6 amide bonds. The lowest BCUT2D eigenvalue weighted by Crippen LogP contribution is -2.63. The Balaban J connectivity index is 1.56. The van der Waals surface area contributed by atoms with E-state index in [1.165, 1.54) is 4.90 Å². The highest BCUT2D eigenvalue weighted by molar-refractivity contribution is 5.99. The number of ether oxygens (including phenoxy) is 1. The third-order valence-electron chi connectivity index (χ3n) is 11.7. The fourth-order valence-electron chi connectivity index (χ4n) is 8.03. The SMILES string of the molecule is CC[C@H](C)[C@@H]1NC(=O)[C@H](CN2CCOCC2)NC(=O)[C@H]2CCCN2C(=O)[C@H](Cc2c[nH]c3ccccc23)NC(=O)[C@H](CCCN=C(N)N)NC(=O)[C@@H](CCCN=C(N)N)NC1=O. The maximum atomic E-state index is 14.8. The van der Waals surface area contributed by atoms with Crippen LogP contribution in [0, 0.1) is 5.92 Å². The molecule has 21 heteroatoms. The third-order valence-corrected chi connectivity index (χ3v) is 11.7. The maximum absolute atomic E-state index is 14.8. The minimum atomic E-state index is -1.21. The van der Waals surface area contributed by atoms with E-state index in [4.69, 9.17) is 27.7 Å². The van der Waals surface area contributed by atoms with Crippen molar-refractivity contribution in [3.05, 3.63) is 36.0 Å². The molecule has 1 aromatic heterocycles. The molecule has 1 aromatic carbocycles. The number of fused-ring (bicyclic) bond motifs is 2. The summed E-state index contributed by atoms with van der Waals surface area (Å²) in [6, 6.07) is 0.773. The van der Waals surface area contributed by atoms with Crippen molar-refractivity contribution in [3.63, 3.8) is 0 Å². The predicted octanol–water partition coefficient (Wildman–Crippen LogP) is -2.38. The van der Waals surface area contributed by atoms with E-state index in [0.717, 1.165) is 16.5 Å². The number of aromatic amines is 1. The van der Waals surface area contributed by atoms with Crippen LogP contribution in [0.2, 0.25) is 0 Å². The van der Waals surface area contributed by atoms with Gasteiger partial charge in [-0.1, -0.05) is 38.5 Å². The number of hydrogen-bond donors (Lipinski definition) is 10. The molecule has 3 aliphatic rings. The van der Waals surface area contributed by atoms with Crippen LogP contribution in [0.5, 0.6) is 0 Å². The van der Waals surface area contributed by atoms with Crippen LogP contribution in [-0.2, 0) is 39.9 Å². The van der Waals surface area contributed by atoms with Gasteiger partial charge < -0.3 is 64.1 Å². The largest absolute Gasteiger partial charge is 0.379 e. The second-order valence-corrected chi connectivity index (χ2v) is 16.2. The van der Waals surface area contributed by atoms with Gasteiger partial charge in [-0.25, -0.2) is 0 Å². The Morgan fingerprint density at radius 3 is 1.97 bits per heavy atom. The minimum Gasteiger partial charge on any atom is -0.379 e. The van der Waals surface area contributed by atoms with Gasteiger partial charge in [-0.15, -0.1) is 0 Å². The molecule has 0 unspecified atom stereocenters. The smallest absolute Gasteiger partial charge is 0.246 e. The average Bonchev–Trinajstić information content (AvgIpc) is 3.91. The molecule has 0 spiro atoms. The number of carbonyl (C=O) groups is 6. The lowest BCUT2D eigenvalue weighted by molar-refractivity contribution is -0.143. The number of aromatic nitrogens is 1. The highest BCUT2D eigenvalue weighted by atomic mass is 16.5. The first-order valence-corrected chi connectivity index (χ1v) is 21.5. The molecule has 21 nitrogen and oxygen atoms in total. The first-order chi connectivity index (χ1) is 29.7. The van der Waals surface area contributed by atoms with Gasteiger partial charge in [-0.05, 0) is 56.1 Å². The Bertz CT molecular complexity index is 1940. The molecule has 3 aliphatic heterocycles. The number of rotatable bonds is 14. The van der Waals surface area contributed by atoms with Crippen molar-refractivity contribution >= 4 is 58.3 Å². The lowest BCUT2D eigenvalue weighted by Gasteiger charge is -2.34. The second-order valence-electron chi connectivity index (χ2n) is 16.2. The molecular formula is C41H64N14O7. The van der Waals surface area contributed by atoms with E-state index in [0.29, 0.717) is 45.6 Å². The summed E-state index contributed by atoms with van der Waals surface area (Å²) >= 11 is 0. The van der Waals surface area contributed by atoms with E-state index < -0.39 is 77.6 Å². The minimum absolute atomic E-state index is 0.0522. The Morgan fingerprint density at radius 1 is 0.758 bits per heavy atom. The van der Waals surface area contributed by atoms with Gasteiger partial charge in [0.25, 0.3) is 0 Å². The van der Waals surface area contributed by atoms with Gasteiger partial charge in [-0.2, -0.15) is 0 Å². The summed E-state index contributed by atoms with van der Waals surface area (Å²) in [5.74, 6) is -4.29. The molecule has 7 atom stereocenters. The Kier molecular flexibility index (Phi) is 17.3. The third kappa shape index (κ3) is 13.0. The maximum Gasteiger partial charge on any atom is 0.246 e. The monoisotopic (exact) mass is 865 g/mol. The van der Waals surface area contributed by atoms with Crippen molar-refractivity contribution in [2.24, 2.45) is 38.8 Å². The van der Waals surface area contributed by atoms with Crippen LogP contribution >= 0.6 is 0 Å². The zero-order chi connectivity index (χ0) is 44.8. The molecular weight excluding hydrogens is 801 g/mol. The summed E-state index contributed by atoms with van der Waals surface area (Å²) in [5, 5.41) is 15.2. The first kappa shape index (κ1) is 47.1. The van der Waals surface area contributed by atoms with Crippen LogP contribution in [0.3, 0.4) is 0 Å². The van der Waals surface area contributed by atoms with Crippen LogP contribution in [-0.4, -0.2) is 151 Å². The quantitative estimate of drug-likeness (QED) is 0.0541. The molecule has 0 bridgehead atoms. The van der Waals surface area contributed by atoms with Crippen molar-refractivity contribution in [1.82, 2.24) is 41.4 Å². The number of carbonyl (C=O) groups excluding carboxylic acids is 6. The molecule has 4 heterocycles. The van der Waals surface area contributed by atoms with Crippen LogP contribution in [0.1, 0.15) is 64.4 Å². The van der Waals surface area contributed by atoms with Crippen LogP contribution in [0.15, 0.2) is 40.4 Å². The molecule has 2 aromatic rings. The molecule has 3 saturated heterocycles. The van der Waals surface area contributed by atoms with Gasteiger partial charge in [0.05, 0.1) is 13.2 Å². The number of nitrogens with zero attached hydrogens (tertiary/aromatic N) is 4. The average molecular weight is 865 g/mol. The summed E-state index contributed by atoms with van der Waals surface area (Å²) in [6.07, 6.45) is 3.78. The fourth-order valence-corrected chi connectivity index (χ4v) is 8.03. The Hall–Kier alpha value is -5.96. The van der Waals surface area contributed by atoms with E-state index in [2.05, 4.69) is 41.6 Å². The molecule has 14 N–H and O–H groups in total. The second kappa shape index (κ2) is 22.8. The molecule has 340 valence electrons. The van der Waals surface area contributed by atoms with Gasteiger partial charge in [0, 0.05) is 62.8 Å². The van der Waals surface area contributed by atoms with E-state index >= 15 is 0 Å². The number of nitrogens with two attached hydrogens (primary N) is 4. The van der Waals surface area contributed by atoms with Gasteiger partial charge >= 0.3 is 0 Å². The molecule has 3 fully saturated rings. The highest BCUT2D eigenvalue weighted by Crippen LogP contribution is 2.24. The standard InChI is InChI=1S/C41H64N14O7/c1-3-24(2)33-38(60)50-29(12-7-15-47-41(44)45)34(56)49-28(11-6-14-46-40(42)43)35(57)51-30(21-25-22-48-27-10-5-4-9-26(25)27)39(61)55-16-8-13-32(55)37(59)52-31(36(58)53-33)23-54-17-19-62-20-18-54/h4-5,9-10,22,24,28-33,48H,3,6-8,11-21,23H2,1-2H3,(H,49,56)(H,50,60)(H,51,57)(H,52,59)(H,53,58)(H4,42,43,46)(H4,44,45,47)/t24-,28-,29+,30-,31-,32+,33-/m0/s1. The number of H-pyrrole nitrogens is 1. The zero-order valence-electron chi connectivity index (χ0n) is 35.7. The van der Waals surface area contributed by atoms with Crippen LogP contribution in [0.25, 0.3) is 10.9 Å². The van der Waals surface area contributed by atoms with Gasteiger partial charge in [0.2, 0.25) is 35.4 Å². The summed E-state index contributed by atoms with van der Waals surface area (Å²) in [7, 11) is 0. The molecule has 0 radical (unpaired) electrons. The predicted molar refractivity (Wildman–Crippen MR) is 233 cm³/mol. The zero-order valence-corrected chi connectivity index (χ0v) is 35.7. The van der Waals surface area contributed by atoms with Crippen LogP contribution in [0.4, 0.5) is 0 Å². The number of hydrogen-bond acceptors (Lipinski definition) is 10.